The van der Waals surface area contributed by atoms with Crippen molar-refractivity contribution in [2.75, 3.05) is 13.7 Å². The van der Waals surface area contributed by atoms with Crippen LogP contribution >= 0.6 is 34.5 Å². The first-order chi connectivity index (χ1) is 16.9. The zero-order valence-corrected chi connectivity index (χ0v) is 21.8. The van der Waals surface area contributed by atoms with Gasteiger partial charge in [-0.25, -0.2) is 9.79 Å². The molecule has 1 aromatic heterocycles. The largest absolute Gasteiger partial charge is 0.490 e. The van der Waals surface area contributed by atoms with Gasteiger partial charge < -0.3 is 9.47 Å². The van der Waals surface area contributed by atoms with E-state index in [4.69, 9.17) is 32.7 Å². The Kier molecular flexibility index (Phi) is 7.79. The minimum Gasteiger partial charge on any atom is -0.490 e. The summed E-state index contributed by atoms with van der Waals surface area (Å²) in [6, 6.07) is 12.2. The second-order valence-corrected chi connectivity index (χ2v) is 9.68. The molecule has 0 N–H and O–H groups in total. The Morgan fingerprint density at radius 1 is 1.17 bits per heavy atom. The normalized spacial score (nSPS) is 15.6. The van der Waals surface area contributed by atoms with Crippen LogP contribution in [0.15, 0.2) is 63.5 Å². The van der Waals surface area contributed by atoms with Crippen molar-refractivity contribution in [3.63, 3.8) is 0 Å². The van der Waals surface area contributed by atoms with Gasteiger partial charge in [-0.2, -0.15) is 0 Å². The lowest BCUT2D eigenvalue weighted by molar-refractivity contribution is -0.136. The van der Waals surface area contributed by atoms with Gasteiger partial charge in [0.05, 0.1) is 45.6 Å². The molecule has 0 fully saturated rings. The number of esters is 1. The fourth-order valence-electron chi connectivity index (χ4n) is 3.97. The van der Waals surface area contributed by atoms with Gasteiger partial charge >= 0.3 is 5.97 Å². The number of halogens is 2. The number of nitrogens with zero attached hydrogens (tertiary/aromatic N) is 2. The van der Waals surface area contributed by atoms with Crippen molar-refractivity contribution in [3.05, 3.63) is 94.6 Å². The molecule has 0 amide bonds. The highest BCUT2D eigenvalue weighted by Gasteiger charge is 2.33. The molecule has 3 aromatic rings. The highest BCUT2D eigenvalue weighted by atomic mass is 35.5. The molecule has 0 aliphatic carbocycles. The molecule has 6 nitrogen and oxygen atoms in total. The van der Waals surface area contributed by atoms with E-state index in [-0.39, 0.29) is 5.56 Å². The molecule has 1 aliphatic rings. The molecule has 4 rings (SSSR count). The number of allylic oxidation sites excluding steroid dienone is 1. The molecular formula is C26H24Cl2N2O4S. The van der Waals surface area contributed by atoms with Crippen molar-refractivity contribution < 1.29 is 14.3 Å². The number of thiazole rings is 1. The molecule has 0 spiro atoms. The maximum Gasteiger partial charge on any atom is 0.338 e. The van der Waals surface area contributed by atoms with Crippen molar-refractivity contribution in [1.29, 1.82) is 0 Å². The van der Waals surface area contributed by atoms with E-state index in [2.05, 4.69) is 4.99 Å². The first-order valence-corrected chi connectivity index (χ1v) is 12.8. The summed E-state index contributed by atoms with van der Waals surface area (Å²) in [5.41, 5.74) is 2.15. The third kappa shape index (κ3) is 4.94. The molecular weight excluding hydrogens is 507 g/mol. The van der Waals surface area contributed by atoms with E-state index in [1.165, 1.54) is 18.4 Å². The van der Waals surface area contributed by atoms with Gasteiger partial charge in [0.1, 0.15) is 0 Å². The maximum atomic E-state index is 13.6. The molecule has 0 bridgehead atoms. The lowest BCUT2D eigenvalue weighted by atomic mass is 9.95. The molecule has 182 valence electrons. The summed E-state index contributed by atoms with van der Waals surface area (Å²) >= 11 is 14.1. The van der Waals surface area contributed by atoms with Crippen LogP contribution in [-0.4, -0.2) is 24.3 Å². The second kappa shape index (κ2) is 10.8. The number of methoxy groups -OCH3 is 1. The third-order valence-electron chi connectivity index (χ3n) is 5.53. The quantitative estimate of drug-likeness (QED) is 0.407. The van der Waals surface area contributed by atoms with E-state index >= 15 is 0 Å². The number of rotatable bonds is 7. The summed E-state index contributed by atoms with van der Waals surface area (Å²) in [5.74, 6) is -0.0804. The van der Waals surface area contributed by atoms with Gasteiger partial charge in [0.15, 0.2) is 10.6 Å². The minimum atomic E-state index is -0.644. The van der Waals surface area contributed by atoms with E-state index in [1.54, 1.807) is 22.8 Å². The highest BCUT2D eigenvalue weighted by molar-refractivity contribution is 7.07. The van der Waals surface area contributed by atoms with Crippen LogP contribution < -0.4 is 19.6 Å². The summed E-state index contributed by atoms with van der Waals surface area (Å²) in [7, 11) is 1.33. The summed E-state index contributed by atoms with van der Waals surface area (Å²) in [5, 5.41) is 0.738. The minimum absolute atomic E-state index is 0.266. The van der Waals surface area contributed by atoms with Crippen molar-refractivity contribution >= 4 is 46.6 Å². The predicted octanol–water partition coefficient (Wildman–Crippen LogP) is 4.89. The van der Waals surface area contributed by atoms with Crippen LogP contribution in [0.3, 0.4) is 0 Å². The molecule has 0 unspecified atom stereocenters. The van der Waals surface area contributed by atoms with Crippen LogP contribution in [0.2, 0.25) is 10.0 Å². The van der Waals surface area contributed by atoms with Crippen molar-refractivity contribution in [3.8, 4) is 5.75 Å². The summed E-state index contributed by atoms with van der Waals surface area (Å²) in [6.45, 7) is 4.41. The number of ether oxygens (including phenoxy) is 2. The van der Waals surface area contributed by atoms with Gasteiger partial charge in [0.2, 0.25) is 0 Å². The SMILES string of the molecule is CCCOc1c(Cl)cc(/C=c2\sc3n(c2=O)[C@H](c2ccccc2)C(C(=O)OC)=C(CC)N=3)cc1Cl. The molecule has 0 radical (unpaired) electrons. The van der Waals surface area contributed by atoms with Crippen LogP contribution in [0.5, 0.6) is 5.75 Å². The molecule has 1 atom stereocenters. The Morgan fingerprint density at radius 3 is 2.46 bits per heavy atom. The van der Waals surface area contributed by atoms with Crippen LogP contribution in [0.4, 0.5) is 0 Å². The summed E-state index contributed by atoms with van der Waals surface area (Å²) in [4.78, 5) is 31.6. The lowest BCUT2D eigenvalue weighted by Gasteiger charge is -2.25. The number of benzene rings is 2. The van der Waals surface area contributed by atoms with Crippen molar-refractivity contribution in [1.82, 2.24) is 4.57 Å². The molecule has 0 saturated heterocycles. The number of hydrogen-bond donors (Lipinski definition) is 0. The van der Waals surface area contributed by atoms with E-state index in [9.17, 15) is 9.59 Å². The van der Waals surface area contributed by atoms with Crippen LogP contribution in [-0.2, 0) is 9.53 Å². The molecule has 0 saturated carbocycles. The smallest absolute Gasteiger partial charge is 0.338 e. The fraction of sp³-hybridized carbons (Fsp3) is 0.269. The van der Waals surface area contributed by atoms with Crippen LogP contribution in [0, 0.1) is 0 Å². The average molecular weight is 531 g/mol. The zero-order chi connectivity index (χ0) is 25.1. The average Bonchev–Trinajstić information content (AvgIpc) is 3.16. The Balaban J connectivity index is 1.91. The van der Waals surface area contributed by atoms with Crippen LogP contribution in [0.25, 0.3) is 6.08 Å². The Labute approximate surface area is 216 Å². The highest BCUT2D eigenvalue weighted by Crippen LogP contribution is 2.35. The van der Waals surface area contributed by atoms with E-state index in [1.807, 2.05) is 44.2 Å². The fourth-order valence-corrected chi connectivity index (χ4v) is 5.60. The lowest BCUT2D eigenvalue weighted by Crippen LogP contribution is -2.40. The van der Waals surface area contributed by atoms with Crippen LogP contribution in [0.1, 0.15) is 43.9 Å². The van der Waals surface area contributed by atoms with E-state index < -0.39 is 12.0 Å². The van der Waals surface area contributed by atoms with Gasteiger partial charge in [-0.3, -0.25) is 9.36 Å². The Bertz CT molecular complexity index is 1450. The molecule has 1 aliphatic heterocycles. The third-order valence-corrected chi connectivity index (χ3v) is 7.08. The number of carbonyl (C=O) groups is 1. The zero-order valence-electron chi connectivity index (χ0n) is 19.5. The van der Waals surface area contributed by atoms with Crippen molar-refractivity contribution in [2.45, 2.75) is 32.7 Å². The molecule has 2 aromatic carbocycles. The standard InChI is InChI=1S/C26H24Cl2N2O4S/c1-4-11-34-23-17(27)12-15(13-18(23)28)14-20-24(31)30-22(16-9-7-6-8-10-16)21(25(32)33-3)19(5-2)29-26(30)35-20/h6-10,12-14,22H,4-5,11H2,1-3H3/b20-14-/t22-/m1/s1. The summed E-state index contributed by atoms with van der Waals surface area (Å²) in [6.07, 6.45) is 3.06. The van der Waals surface area contributed by atoms with Gasteiger partial charge in [0.25, 0.3) is 5.56 Å². The Hall–Kier alpha value is -2.87. The van der Waals surface area contributed by atoms with E-state index in [0.29, 0.717) is 55.0 Å². The van der Waals surface area contributed by atoms with Gasteiger partial charge in [-0.1, -0.05) is 78.7 Å². The number of aromatic nitrogens is 1. The molecule has 35 heavy (non-hydrogen) atoms. The van der Waals surface area contributed by atoms with Gasteiger partial charge in [0, 0.05) is 0 Å². The van der Waals surface area contributed by atoms with Gasteiger partial charge in [-0.15, -0.1) is 0 Å². The number of carbonyl (C=O) groups excluding carboxylic acids is 1. The van der Waals surface area contributed by atoms with Crippen molar-refractivity contribution in [2.24, 2.45) is 4.99 Å². The monoisotopic (exact) mass is 530 g/mol. The number of hydrogen-bond acceptors (Lipinski definition) is 6. The maximum absolute atomic E-state index is 13.6. The van der Waals surface area contributed by atoms with E-state index in [0.717, 1.165) is 12.0 Å². The summed E-state index contributed by atoms with van der Waals surface area (Å²) < 4.78 is 12.7. The van der Waals surface area contributed by atoms with Gasteiger partial charge in [-0.05, 0) is 42.2 Å². The second-order valence-electron chi connectivity index (χ2n) is 7.86. The topological polar surface area (TPSA) is 69.9 Å². The first kappa shape index (κ1) is 25.2. The molecule has 2 heterocycles. The first-order valence-electron chi connectivity index (χ1n) is 11.2. The Morgan fingerprint density at radius 2 is 1.86 bits per heavy atom. The number of fused-ring (bicyclic) bond motifs is 1. The molecule has 9 heteroatoms. The predicted molar refractivity (Wildman–Crippen MR) is 139 cm³/mol.